The highest BCUT2D eigenvalue weighted by atomic mass is 16.3. The first-order valence-corrected chi connectivity index (χ1v) is 3.31. The van der Waals surface area contributed by atoms with Crippen LogP contribution >= 0.6 is 0 Å². The van der Waals surface area contributed by atoms with Crippen LogP contribution in [0, 0.1) is 5.92 Å². The van der Waals surface area contributed by atoms with E-state index in [9.17, 15) is 0 Å². The molecule has 0 amide bonds. The first-order valence-electron chi connectivity index (χ1n) is 3.31. The van der Waals surface area contributed by atoms with Crippen molar-refractivity contribution in [3.8, 4) is 0 Å². The number of hydrogen-bond acceptors (Lipinski definition) is 1. The second-order valence-corrected chi connectivity index (χ2v) is 2.82. The molecule has 1 nitrogen and oxygen atoms in total. The summed E-state index contributed by atoms with van der Waals surface area (Å²) >= 11 is 0. The van der Waals surface area contributed by atoms with Crippen LogP contribution in [0.1, 0.15) is 33.6 Å². The molecule has 0 radical (unpaired) electrons. The van der Waals surface area contributed by atoms with E-state index in [1.165, 1.54) is 0 Å². The van der Waals surface area contributed by atoms with Crippen molar-refractivity contribution in [1.29, 1.82) is 0 Å². The summed E-state index contributed by atoms with van der Waals surface area (Å²) in [5, 5.41) is 8.80. The fourth-order valence-corrected chi connectivity index (χ4v) is 0.575. The van der Waals surface area contributed by atoms with Crippen LogP contribution in [0.2, 0.25) is 0 Å². The second-order valence-electron chi connectivity index (χ2n) is 2.82. The molecular formula is C7H16O. The summed E-state index contributed by atoms with van der Waals surface area (Å²) in [5.41, 5.74) is 0. The average Bonchev–Trinajstić information content (AvgIpc) is 1.61. The van der Waals surface area contributed by atoms with Crippen molar-refractivity contribution in [2.24, 2.45) is 5.92 Å². The highest BCUT2D eigenvalue weighted by Crippen LogP contribution is 2.05. The van der Waals surface area contributed by atoms with Crippen LogP contribution in [0.15, 0.2) is 0 Å². The van der Waals surface area contributed by atoms with E-state index in [0.29, 0.717) is 0 Å². The van der Waals surface area contributed by atoms with Gasteiger partial charge in [-0.2, -0.15) is 0 Å². The highest BCUT2D eigenvalue weighted by Gasteiger charge is 1.96. The molecule has 1 atom stereocenters. The van der Waals surface area contributed by atoms with E-state index in [1.54, 1.807) is 0 Å². The molecule has 0 aliphatic heterocycles. The van der Waals surface area contributed by atoms with E-state index in [0.717, 1.165) is 18.8 Å². The molecule has 0 aromatic carbocycles. The van der Waals surface area contributed by atoms with Crippen LogP contribution in [0.5, 0.6) is 0 Å². The minimum atomic E-state index is -0.114. The molecule has 0 aliphatic rings. The Bertz CT molecular complexity index is 40.3. The van der Waals surface area contributed by atoms with Gasteiger partial charge in [-0.15, -0.1) is 0 Å². The maximum Gasteiger partial charge on any atom is 0.0512 e. The summed E-state index contributed by atoms with van der Waals surface area (Å²) < 4.78 is 0. The Morgan fingerprint density at radius 1 is 1.12 bits per heavy atom. The Kier molecular flexibility index (Phi) is 3.88. The van der Waals surface area contributed by atoms with Crippen molar-refractivity contribution in [3.63, 3.8) is 0 Å². The first-order chi connectivity index (χ1) is 3.63. The molecule has 0 unspecified atom stereocenters. The van der Waals surface area contributed by atoms with Gasteiger partial charge in [0.2, 0.25) is 0 Å². The van der Waals surface area contributed by atoms with Gasteiger partial charge in [0.1, 0.15) is 0 Å². The molecular weight excluding hydrogens is 100 g/mol. The zero-order chi connectivity index (χ0) is 6.57. The van der Waals surface area contributed by atoms with Crippen LogP contribution in [0.4, 0.5) is 0 Å². The Balaban J connectivity index is 2.93. The van der Waals surface area contributed by atoms with Gasteiger partial charge in [0.25, 0.3) is 0 Å². The lowest BCUT2D eigenvalue weighted by molar-refractivity contribution is 0.176. The third-order valence-electron chi connectivity index (χ3n) is 1.16. The van der Waals surface area contributed by atoms with E-state index < -0.39 is 0 Å². The Morgan fingerprint density at radius 2 is 1.62 bits per heavy atom. The fraction of sp³-hybridized carbons (Fsp3) is 1.00. The van der Waals surface area contributed by atoms with Crippen LogP contribution in [0.25, 0.3) is 0 Å². The Morgan fingerprint density at radius 3 is 1.75 bits per heavy atom. The zero-order valence-corrected chi connectivity index (χ0v) is 6.02. The topological polar surface area (TPSA) is 20.2 Å². The lowest BCUT2D eigenvalue weighted by Crippen LogP contribution is -2.00. The predicted molar refractivity (Wildman–Crippen MR) is 35.8 cm³/mol. The number of aliphatic hydroxyl groups excluding tert-OH is 1. The molecule has 0 saturated heterocycles. The first kappa shape index (κ1) is 7.96. The molecule has 0 heterocycles. The molecule has 1 heteroatoms. The van der Waals surface area contributed by atoms with Crippen molar-refractivity contribution in [2.75, 3.05) is 0 Å². The van der Waals surface area contributed by atoms with E-state index in [2.05, 4.69) is 13.8 Å². The average molecular weight is 116 g/mol. The quantitative estimate of drug-likeness (QED) is 0.596. The third kappa shape index (κ3) is 5.96. The maximum atomic E-state index is 8.80. The van der Waals surface area contributed by atoms with Crippen molar-refractivity contribution in [3.05, 3.63) is 0 Å². The summed E-state index contributed by atoms with van der Waals surface area (Å²) in [6.07, 6.45) is 1.97. The molecule has 0 rings (SSSR count). The smallest absolute Gasteiger partial charge is 0.0512 e. The summed E-state index contributed by atoms with van der Waals surface area (Å²) in [4.78, 5) is 0. The predicted octanol–water partition coefficient (Wildman–Crippen LogP) is 1.80. The molecule has 1 N–H and O–H groups in total. The van der Waals surface area contributed by atoms with Gasteiger partial charge in [0.15, 0.2) is 0 Å². The summed E-state index contributed by atoms with van der Waals surface area (Å²) in [6.45, 7) is 6.17. The van der Waals surface area contributed by atoms with Crippen molar-refractivity contribution >= 4 is 0 Å². The fourth-order valence-electron chi connectivity index (χ4n) is 0.575. The molecule has 0 bridgehead atoms. The number of aliphatic hydroxyl groups is 1. The molecule has 0 fully saturated rings. The molecule has 0 aromatic heterocycles. The van der Waals surface area contributed by atoms with Crippen LogP contribution in [0.3, 0.4) is 0 Å². The molecule has 0 aromatic rings. The summed E-state index contributed by atoms with van der Waals surface area (Å²) in [5.74, 6) is 0.726. The minimum Gasteiger partial charge on any atom is -0.393 e. The van der Waals surface area contributed by atoms with E-state index in [1.807, 2.05) is 6.92 Å². The van der Waals surface area contributed by atoms with Gasteiger partial charge in [0.05, 0.1) is 6.10 Å². The van der Waals surface area contributed by atoms with Gasteiger partial charge in [-0.05, 0) is 25.7 Å². The summed E-state index contributed by atoms with van der Waals surface area (Å²) in [7, 11) is 0. The minimum absolute atomic E-state index is 0.114. The lowest BCUT2D eigenvalue weighted by Gasteiger charge is -2.04. The van der Waals surface area contributed by atoms with E-state index >= 15 is 0 Å². The zero-order valence-electron chi connectivity index (χ0n) is 6.02. The molecule has 0 saturated carbocycles. The normalized spacial score (nSPS) is 14.6. The molecule has 50 valence electrons. The highest BCUT2D eigenvalue weighted by molar-refractivity contribution is 4.49. The Hall–Kier alpha value is -0.0400. The van der Waals surface area contributed by atoms with Crippen molar-refractivity contribution in [2.45, 2.75) is 39.7 Å². The molecule has 8 heavy (non-hydrogen) atoms. The van der Waals surface area contributed by atoms with Gasteiger partial charge < -0.3 is 5.11 Å². The lowest BCUT2D eigenvalue weighted by atomic mass is 10.1. The number of rotatable bonds is 3. The van der Waals surface area contributed by atoms with E-state index in [-0.39, 0.29) is 6.10 Å². The molecule has 0 spiro atoms. The van der Waals surface area contributed by atoms with Crippen LogP contribution in [-0.4, -0.2) is 11.2 Å². The largest absolute Gasteiger partial charge is 0.393 e. The second kappa shape index (κ2) is 3.90. The van der Waals surface area contributed by atoms with Crippen molar-refractivity contribution < 1.29 is 5.11 Å². The summed E-state index contributed by atoms with van der Waals surface area (Å²) in [6, 6.07) is 0. The van der Waals surface area contributed by atoms with Crippen LogP contribution < -0.4 is 0 Å². The van der Waals surface area contributed by atoms with Gasteiger partial charge in [-0.1, -0.05) is 13.8 Å². The standard InChI is InChI=1S/C7H16O/c1-6(2)4-5-7(3)8/h6-8H,4-5H2,1-3H3/t7-/m0/s1. The number of hydrogen-bond donors (Lipinski definition) is 1. The SMILES string of the molecule is CC(C)CC[C@H](C)O. The van der Waals surface area contributed by atoms with E-state index in [4.69, 9.17) is 5.11 Å². The van der Waals surface area contributed by atoms with Gasteiger partial charge in [-0.25, -0.2) is 0 Å². The monoisotopic (exact) mass is 116 g/mol. The molecule has 0 aliphatic carbocycles. The van der Waals surface area contributed by atoms with Crippen LogP contribution in [-0.2, 0) is 0 Å². The van der Waals surface area contributed by atoms with Crippen molar-refractivity contribution in [1.82, 2.24) is 0 Å². The van der Waals surface area contributed by atoms with Gasteiger partial charge in [0, 0.05) is 0 Å². The maximum absolute atomic E-state index is 8.80. The van der Waals surface area contributed by atoms with Gasteiger partial charge in [-0.3, -0.25) is 0 Å². The Labute approximate surface area is 51.7 Å². The third-order valence-corrected chi connectivity index (χ3v) is 1.16. The van der Waals surface area contributed by atoms with Gasteiger partial charge >= 0.3 is 0 Å².